The van der Waals surface area contributed by atoms with Gasteiger partial charge in [-0.25, -0.2) is 4.98 Å². The fraction of sp³-hybridized carbons (Fsp3) is 0.455. The van der Waals surface area contributed by atoms with Gasteiger partial charge in [0.2, 0.25) is 0 Å². The summed E-state index contributed by atoms with van der Waals surface area (Å²) in [5.74, 6) is 0. The van der Waals surface area contributed by atoms with E-state index in [0.29, 0.717) is 0 Å². The smallest absolute Gasteiger partial charge is 0.132 e. The second kappa shape index (κ2) is 4.35. The molecule has 2 aromatic rings. The lowest BCUT2D eigenvalue weighted by molar-refractivity contribution is 0.211. The number of aliphatic hydroxyl groups excluding tert-OH is 1. The Bertz CT molecular complexity index is 489. The molecule has 1 unspecified atom stereocenters. The maximum absolute atomic E-state index is 10.3. The minimum absolute atomic E-state index is 0.617. The van der Waals surface area contributed by atoms with Crippen LogP contribution in [-0.2, 0) is 6.54 Å². The molecule has 0 aliphatic carbocycles. The van der Waals surface area contributed by atoms with Gasteiger partial charge in [-0.3, -0.25) is 4.68 Å². The molecule has 0 saturated heterocycles. The number of aromatic nitrogens is 3. The molecule has 0 amide bonds. The summed E-state index contributed by atoms with van der Waals surface area (Å²) in [5.41, 5.74) is 1.73. The van der Waals surface area contributed by atoms with Crippen LogP contribution < -0.4 is 0 Å². The SMILES string of the molecule is CCn1nccc1C(O)c1sc(C)nc1C. The summed E-state index contributed by atoms with van der Waals surface area (Å²) in [4.78, 5) is 5.24. The number of aryl methyl sites for hydroxylation is 3. The van der Waals surface area contributed by atoms with Crippen molar-refractivity contribution in [3.63, 3.8) is 0 Å². The molecule has 0 aromatic carbocycles. The van der Waals surface area contributed by atoms with Crippen molar-refractivity contribution in [1.29, 1.82) is 0 Å². The van der Waals surface area contributed by atoms with E-state index in [1.807, 2.05) is 26.8 Å². The molecule has 2 rings (SSSR count). The Labute approximate surface area is 98.6 Å². The molecule has 0 spiro atoms. The van der Waals surface area contributed by atoms with Crippen molar-refractivity contribution >= 4 is 11.3 Å². The molecule has 0 radical (unpaired) electrons. The molecule has 1 atom stereocenters. The van der Waals surface area contributed by atoms with Crippen LogP contribution in [-0.4, -0.2) is 19.9 Å². The van der Waals surface area contributed by atoms with E-state index >= 15 is 0 Å². The van der Waals surface area contributed by atoms with E-state index in [1.54, 1.807) is 10.9 Å². The third-order valence-corrected chi connectivity index (χ3v) is 3.64. The number of hydrogen-bond donors (Lipinski definition) is 1. The first-order valence-corrected chi connectivity index (χ1v) is 6.08. The highest BCUT2D eigenvalue weighted by Gasteiger charge is 2.19. The molecule has 2 aromatic heterocycles. The molecule has 4 nitrogen and oxygen atoms in total. The number of nitrogens with zero attached hydrogens (tertiary/aromatic N) is 3. The third-order valence-electron chi connectivity index (χ3n) is 2.52. The number of aliphatic hydroxyl groups is 1. The highest BCUT2D eigenvalue weighted by molar-refractivity contribution is 7.11. The van der Waals surface area contributed by atoms with E-state index in [1.165, 1.54) is 11.3 Å². The Kier molecular flexibility index (Phi) is 3.07. The minimum Gasteiger partial charge on any atom is -0.381 e. The Morgan fingerprint density at radius 3 is 2.81 bits per heavy atom. The highest BCUT2D eigenvalue weighted by atomic mass is 32.1. The van der Waals surface area contributed by atoms with Crippen LogP contribution in [0.25, 0.3) is 0 Å². The zero-order valence-electron chi connectivity index (χ0n) is 9.64. The molecule has 2 heterocycles. The fourth-order valence-electron chi connectivity index (χ4n) is 1.77. The van der Waals surface area contributed by atoms with Crippen LogP contribution in [0.1, 0.15) is 34.3 Å². The first-order chi connectivity index (χ1) is 7.63. The van der Waals surface area contributed by atoms with Gasteiger partial charge < -0.3 is 5.11 Å². The number of hydrogen-bond acceptors (Lipinski definition) is 4. The molecule has 0 fully saturated rings. The number of rotatable bonds is 3. The Balaban J connectivity index is 2.38. The van der Waals surface area contributed by atoms with Gasteiger partial charge in [0.05, 0.1) is 21.3 Å². The largest absolute Gasteiger partial charge is 0.381 e. The monoisotopic (exact) mass is 237 g/mol. The highest BCUT2D eigenvalue weighted by Crippen LogP contribution is 2.29. The summed E-state index contributed by atoms with van der Waals surface area (Å²) in [6.45, 7) is 6.64. The molecule has 1 N–H and O–H groups in total. The normalized spacial score (nSPS) is 13.0. The summed E-state index contributed by atoms with van der Waals surface area (Å²) in [6, 6.07) is 1.85. The van der Waals surface area contributed by atoms with Crippen molar-refractivity contribution < 1.29 is 5.11 Å². The lowest BCUT2D eigenvalue weighted by Gasteiger charge is -2.11. The van der Waals surface area contributed by atoms with Gasteiger partial charge >= 0.3 is 0 Å². The maximum Gasteiger partial charge on any atom is 0.132 e. The second-order valence-electron chi connectivity index (χ2n) is 3.66. The molecular formula is C11H15N3OS. The molecule has 0 saturated carbocycles. The van der Waals surface area contributed by atoms with Gasteiger partial charge in [0.25, 0.3) is 0 Å². The van der Waals surface area contributed by atoms with E-state index in [0.717, 1.165) is 27.8 Å². The van der Waals surface area contributed by atoms with Crippen molar-refractivity contribution in [2.75, 3.05) is 0 Å². The van der Waals surface area contributed by atoms with Crippen LogP contribution in [0.15, 0.2) is 12.3 Å². The van der Waals surface area contributed by atoms with E-state index in [-0.39, 0.29) is 0 Å². The lowest BCUT2D eigenvalue weighted by Crippen LogP contribution is -2.08. The van der Waals surface area contributed by atoms with Gasteiger partial charge in [-0.15, -0.1) is 11.3 Å². The zero-order valence-corrected chi connectivity index (χ0v) is 10.5. The van der Waals surface area contributed by atoms with Gasteiger partial charge in [0.1, 0.15) is 6.10 Å². The predicted octanol–water partition coefficient (Wildman–Crippen LogP) is 2.06. The van der Waals surface area contributed by atoms with Gasteiger partial charge in [-0.2, -0.15) is 5.10 Å². The van der Waals surface area contributed by atoms with Crippen molar-refractivity contribution in [3.05, 3.63) is 33.5 Å². The molecule has 0 aliphatic heterocycles. The van der Waals surface area contributed by atoms with Gasteiger partial charge in [-0.1, -0.05) is 0 Å². The Morgan fingerprint density at radius 1 is 1.50 bits per heavy atom. The van der Waals surface area contributed by atoms with Gasteiger partial charge in [0.15, 0.2) is 0 Å². The van der Waals surface area contributed by atoms with Gasteiger partial charge in [0, 0.05) is 12.7 Å². The number of thiazole rings is 1. The summed E-state index contributed by atoms with van der Waals surface area (Å²) in [5, 5.41) is 15.4. The maximum atomic E-state index is 10.3. The van der Waals surface area contributed by atoms with Crippen LogP contribution in [0.5, 0.6) is 0 Å². The van der Waals surface area contributed by atoms with E-state index in [2.05, 4.69) is 10.1 Å². The minimum atomic E-state index is -0.617. The van der Waals surface area contributed by atoms with Crippen molar-refractivity contribution in [2.24, 2.45) is 0 Å². The van der Waals surface area contributed by atoms with Crippen LogP contribution in [0.3, 0.4) is 0 Å². The van der Waals surface area contributed by atoms with E-state index in [9.17, 15) is 5.11 Å². The van der Waals surface area contributed by atoms with Crippen LogP contribution in [0.2, 0.25) is 0 Å². The molecule has 0 aliphatic rings. The average Bonchev–Trinajstić information content (AvgIpc) is 2.83. The fourth-order valence-corrected chi connectivity index (χ4v) is 2.70. The van der Waals surface area contributed by atoms with Crippen LogP contribution in [0, 0.1) is 13.8 Å². The molecule has 0 bridgehead atoms. The molecular weight excluding hydrogens is 222 g/mol. The topological polar surface area (TPSA) is 50.9 Å². The third kappa shape index (κ3) is 1.88. The zero-order chi connectivity index (χ0) is 11.7. The first-order valence-electron chi connectivity index (χ1n) is 5.27. The first kappa shape index (κ1) is 11.3. The van der Waals surface area contributed by atoms with Crippen LogP contribution in [0.4, 0.5) is 0 Å². The van der Waals surface area contributed by atoms with Crippen molar-refractivity contribution in [2.45, 2.75) is 33.4 Å². The summed E-state index contributed by atoms with van der Waals surface area (Å²) >= 11 is 1.54. The summed E-state index contributed by atoms with van der Waals surface area (Å²) in [7, 11) is 0. The molecule has 86 valence electrons. The lowest BCUT2D eigenvalue weighted by atomic mass is 10.2. The summed E-state index contributed by atoms with van der Waals surface area (Å²) in [6.07, 6.45) is 1.10. The van der Waals surface area contributed by atoms with Crippen LogP contribution >= 0.6 is 11.3 Å². The van der Waals surface area contributed by atoms with E-state index < -0.39 is 6.10 Å². The molecule has 16 heavy (non-hydrogen) atoms. The van der Waals surface area contributed by atoms with Crippen molar-refractivity contribution in [3.8, 4) is 0 Å². The summed E-state index contributed by atoms with van der Waals surface area (Å²) < 4.78 is 1.80. The Hall–Kier alpha value is -1.20. The van der Waals surface area contributed by atoms with Gasteiger partial charge in [-0.05, 0) is 26.8 Å². The Morgan fingerprint density at radius 2 is 2.25 bits per heavy atom. The average molecular weight is 237 g/mol. The standard InChI is InChI=1S/C11H15N3OS/c1-4-14-9(5-6-12-14)10(15)11-7(2)13-8(3)16-11/h5-6,10,15H,4H2,1-3H3. The molecule has 5 heteroatoms. The van der Waals surface area contributed by atoms with Crippen molar-refractivity contribution in [1.82, 2.24) is 14.8 Å². The van der Waals surface area contributed by atoms with E-state index in [4.69, 9.17) is 0 Å². The predicted molar refractivity (Wildman–Crippen MR) is 63.6 cm³/mol. The quantitative estimate of drug-likeness (QED) is 0.889. The second-order valence-corrected chi connectivity index (χ2v) is 4.89.